The standard InChI is InChI=1S/C11H13N5O/c12-16-6-3-9-8(10(16)17)7-13-11(14-9)15-4-1-2-5-15/h3,6-7H,1-2,4-5,12H2. The van der Waals surface area contributed by atoms with Crippen LogP contribution in [0.25, 0.3) is 10.9 Å². The Balaban J connectivity index is 2.13. The molecule has 0 aliphatic carbocycles. The predicted molar refractivity (Wildman–Crippen MR) is 65.4 cm³/mol. The Morgan fingerprint density at radius 2 is 2.06 bits per heavy atom. The molecule has 1 saturated heterocycles. The van der Waals surface area contributed by atoms with Gasteiger partial charge in [-0.3, -0.25) is 4.79 Å². The Kier molecular flexibility index (Phi) is 2.21. The molecule has 1 fully saturated rings. The van der Waals surface area contributed by atoms with Crippen LogP contribution in [0.5, 0.6) is 0 Å². The Hall–Kier alpha value is -2.11. The first-order valence-corrected chi connectivity index (χ1v) is 5.64. The lowest BCUT2D eigenvalue weighted by atomic mass is 10.3. The lowest BCUT2D eigenvalue weighted by molar-refractivity contribution is 0.901. The molecule has 2 N–H and O–H groups in total. The minimum Gasteiger partial charge on any atom is -0.341 e. The van der Waals surface area contributed by atoms with Crippen molar-refractivity contribution in [2.75, 3.05) is 23.8 Å². The molecule has 3 heterocycles. The molecule has 1 aliphatic heterocycles. The second kappa shape index (κ2) is 3.73. The van der Waals surface area contributed by atoms with E-state index in [9.17, 15) is 4.79 Å². The molecule has 0 atom stereocenters. The smallest absolute Gasteiger partial charge is 0.279 e. The van der Waals surface area contributed by atoms with Crippen LogP contribution in [0.15, 0.2) is 23.3 Å². The van der Waals surface area contributed by atoms with Crippen molar-refractivity contribution in [3.63, 3.8) is 0 Å². The molecular weight excluding hydrogens is 218 g/mol. The average Bonchev–Trinajstić information content (AvgIpc) is 2.87. The number of nitrogens with zero attached hydrogens (tertiary/aromatic N) is 4. The molecule has 2 aromatic heterocycles. The fourth-order valence-electron chi connectivity index (χ4n) is 2.10. The van der Waals surface area contributed by atoms with Gasteiger partial charge in [0.15, 0.2) is 0 Å². The maximum absolute atomic E-state index is 11.7. The monoisotopic (exact) mass is 231 g/mol. The van der Waals surface area contributed by atoms with Crippen molar-refractivity contribution in [1.29, 1.82) is 0 Å². The van der Waals surface area contributed by atoms with Crippen LogP contribution in [-0.4, -0.2) is 27.7 Å². The third-order valence-electron chi connectivity index (χ3n) is 3.05. The predicted octanol–water partition coefficient (Wildman–Crippen LogP) is 0.105. The summed E-state index contributed by atoms with van der Waals surface area (Å²) >= 11 is 0. The van der Waals surface area contributed by atoms with Crippen LogP contribution in [0.4, 0.5) is 5.95 Å². The fraction of sp³-hybridized carbons (Fsp3) is 0.364. The van der Waals surface area contributed by atoms with Crippen LogP contribution < -0.4 is 16.3 Å². The number of nitrogens with two attached hydrogens (primary N) is 1. The van der Waals surface area contributed by atoms with Gasteiger partial charge in [0.1, 0.15) is 0 Å². The van der Waals surface area contributed by atoms with E-state index in [1.54, 1.807) is 12.3 Å². The Labute approximate surface area is 97.7 Å². The van der Waals surface area contributed by atoms with Crippen molar-refractivity contribution in [2.24, 2.45) is 0 Å². The van der Waals surface area contributed by atoms with Crippen molar-refractivity contribution in [2.45, 2.75) is 12.8 Å². The SMILES string of the molecule is Nn1ccc2nc(N3CCCC3)ncc2c1=O. The molecule has 88 valence electrons. The highest BCUT2D eigenvalue weighted by Gasteiger charge is 2.15. The second-order valence-corrected chi connectivity index (χ2v) is 4.19. The van der Waals surface area contributed by atoms with Gasteiger partial charge < -0.3 is 10.7 Å². The Morgan fingerprint density at radius 1 is 1.29 bits per heavy atom. The quantitative estimate of drug-likeness (QED) is 0.705. The van der Waals surface area contributed by atoms with Gasteiger partial charge in [0.05, 0.1) is 10.9 Å². The van der Waals surface area contributed by atoms with Gasteiger partial charge in [-0.2, -0.15) is 0 Å². The van der Waals surface area contributed by atoms with E-state index in [1.165, 1.54) is 19.0 Å². The van der Waals surface area contributed by atoms with Crippen molar-refractivity contribution in [1.82, 2.24) is 14.6 Å². The zero-order valence-electron chi connectivity index (χ0n) is 9.33. The van der Waals surface area contributed by atoms with E-state index in [1.807, 2.05) is 0 Å². The summed E-state index contributed by atoms with van der Waals surface area (Å²) in [6, 6.07) is 1.73. The number of aromatic nitrogens is 3. The molecular formula is C11H13N5O. The fourth-order valence-corrected chi connectivity index (χ4v) is 2.10. The molecule has 6 heteroatoms. The topological polar surface area (TPSA) is 77.0 Å². The molecule has 1 aliphatic rings. The van der Waals surface area contributed by atoms with E-state index in [0.717, 1.165) is 17.8 Å². The number of rotatable bonds is 1. The van der Waals surface area contributed by atoms with Gasteiger partial charge in [-0.15, -0.1) is 0 Å². The summed E-state index contributed by atoms with van der Waals surface area (Å²) in [5, 5.41) is 0.456. The third kappa shape index (κ3) is 1.61. The summed E-state index contributed by atoms with van der Waals surface area (Å²) in [6.07, 6.45) is 5.42. The molecule has 0 spiro atoms. The number of pyridine rings is 1. The highest BCUT2D eigenvalue weighted by Crippen LogP contribution is 2.17. The van der Waals surface area contributed by atoms with Gasteiger partial charge in [0, 0.05) is 25.5 Å². The van der Waals surface area contributed by atoms with E-state index >= 15 is 0 Å². The van der Waals surface area contributed by atoms with Crippen LogP contribution in [-0.2, 0) is 0 Å². The zero-order valence-corrected chi connectivity index (χ0v) is 9.33. The van der Waals surface area contributed by atoms with Crippen LogP contribution in [0.1, 0.15) is 12.8 Å². The molecule has 2 aromatic rings. The van der Waals surface area contributed by atoms with E-state index in [0.29, 0.717) is 16.9 Å². The van der Waals surface area contributed by atoms with Crippen molar-refractivity contribution >= 4 is 16.9 Å². The van der Waals surface area contributed by atoms with Crippen molar-refractivity contribution in [3.05, 3.63) is 28.8 Å². The number of anilines is 1. The van der Waals surface area contributed by atoms with Gasteiger partial charge in [-0.1, -0.05) is 0 Å². The molecule has 0 bridgehead atoms. The summed E-state index contributed by atoms with van der Waals surface area (Å²) in [5.41, 5.74) is 0.379. The van der Waals surface area contributed by atoms with Gasteiger partial charge in [-0.25, -0.2) is 14.6 Å². The van der Waals surface area contributed by atoms with Crippen LogP contribution in [0, 0.1) is 0 Å². The first kappa shape index (κ1) is 10.1. The lowest BCUT2D eigenvalue weighted by Crippen LogP contribution is -2.27. The molecule has 0 saturated carbocycles. The largest absolute Gasteiger partial charge is 0.341 e. The highest BCUT2D eigenvalue weighted by atomic mass is 16.1. The van der Waals surface area contributed by atoms with Crippen LogP contribution >= 0.6 is 0 Å². The summed E-state index contributed by atoms with van der Waals surface area (Å²) < 4.78 is 1.04. The molecule has 0 radical (unpaired) electrons. The maximum Gasteiger partial charge on any atom is 0.279 e. The Bertz CT molecular complexity index is 615. The maximum atomic E-state index is 11.7. The first-order valence-electron chi connectivity index (χ1n) is 5.64. The number of hydrogen-bond acceptors (Lipinski definition) is 5. The summed E-state index contributed by atoms with van der Waals surface area (Å²) in [7, 11) is 0. The second-order valence-electron chi connectivity index (χ2n) is 4.19. The minimum absolute atomic E-state index is 0.268. The molecule has 0 aromatic carbocycles. The average molecular weight is 231 g/mol. The molecule has 17 heavy (non-hydrogen) atoms. The number of fused-ring (bicyclic) bond motifs is 1. The normalized spacial score (nSPS) is 15.6. The summed E-state index contributed by atoms with van der Waals surface area (Å²) in [4.78, 5) is 22.5. The molecule has 0 unspecified atom stereocenters. The van der Waals surface area contributed by atoms with Crippen molar-refractivity contribution < 1.29 is 0 Å². The Morgan fingerprint density at radius 3 is 2.82 bits per heavy atom. The lowest BCUT2D eigenvalue weighted by Gasteiger charge is -2.14. The van der Waals surface area contributed by atoms with Crippen LogP contribution in [0.2, 0.25) is 0 Å². The van der Waals surface area contributed by atoms with E-state index in [4.69, 9.17) is 5.84 Å². The summed E-state index contributed by atoms with van der Waals surface area (Å²) in [6.45, 7) is 1.97. The highest BCUT2D eigenvalue weighted by molar-refractivity contribution is 5.77. The molecule has 6 nitrogen and oxygen atoms in total. The van der Waals surface area contributed by atoms with Crippen molar-refractivity contribution in [3.8, 4) is 0 Å². The summed E-state index contributed by atoms with van der Waals surface area (Å²) in [5.74, 6) is 6.18. The number of nitrogen functional groups attached to an aromatic ring is 1. The molecule has 0 amide bonds. The van der Waals surface area contributed by atoms with E-state index in [2.05, 4.69) is 14.9 Å². The first-order chi connectivity index (χ1) is 8.25. The van der Waals surface area contributed by atoms with E-state index < -0.39 is 0 Å². The van der Waals surface area contributed by atoms with Gasteiger partial charge in [0.2, 0.25) is 5.95 Å². The zero-order chi connectivity index (χ0) is 11.8. The van der Waals surface area contributed by atoms with Gasteiger partial charge in [-0.05, 0) is 18.9 Å². The minimum atomic E-state index is -0.268. The van der Waals surface area contributed by atoms with Crippen LogP contribution in [0.3, 0.4) is 0 Å². The third-order valence-corrected chi connectivity index (χ3v) is 3.05. The number of hydrogen-bond donors (Lipinski definition) is 1. The molecule has 3 rings (SSSR count). The van der Waals surface area contributed by atoms with Gasteiger partial charge >= 0.3 is 0 Å². The van der Waals surface area contributed by atoms with Gasteiger partial charge in [0.25, 0.3) is 5.56 Å². The van der Waals surface area contributed by atoms with E-state index in [-0.39, 0.29) is 5.56 Å².